The molecule has 4 aromatic rings. The van der Waals surface area contributed by atoms with Gasteiger partial charge in [0, 0.05) is 5.56 Å². The van der Waals surface area contributed by atoms with Crippen LogP contribution in [-0.4, -0.2) is 29.2 Å². The van der Waals surface area contributed by atoms with E-state index in [0.29, 0.717) is 31.0 Å². The molecule has 3 aromatic carbocycles. The predicted molar refractivity (Wildman–Crippen MR) is 121 cm³/mol. The smallest absolute Gasteiger partial charge is 0.251 e. The van der Waals surface area contributed by atoms with Crippen LogP contribution in [0, 0.1) is 6.92 Å². The number of amides is 1. The third-order valence-electron chi connectivity index (χ3n) is 5.07. The van der Waals surface area contributed by atoms with Crippen molar-refractivity contribution in [3.8, 4) is 11.5 Å². The summed E-state index contributed by atoms with van der Waals surface area (Å²) in [5, 5.41) is 2.97. The van der Waals surface area contributed by atoms with Gasteiger partial charge in [0.2, 0.25) is 0 Å². The summed E-state index contributed by atoms with van der Waals surface area (Å²) in [5.41, 5.74) is 3.65. The lowest BCUT2D eigenvalue weighted by Gasteiger charge is -2.12. The number of nitrogens with one attached hydrogen (secondary N) is 1. The molecule has 0 atom stereocenters. The maximum absolute atomic E-state index is 12.6. The average Bonchev–Trinajstić information content (AvgIpc) is 3.15. The molecule has 0 saturated carbocycles. The molecule has 6 nitrogen and oxygen atoms in total. The molecule has 0 fully saturated rings. The van der Waals surface area contributed by atoms with Crippen molar-refractivity contribution >= 4 is 16.9 Å². The Morgan fingerprint density at radius 3 is 2.58 bits per heavy atom. The third-order valence-corrected chi connectivity index (χ3v) is 5.07. The van der Waals surface area contributed by atoms with Gasteiger partial charge >= 0.3 is 0 Å². The molecule has 0 saturated heterocycles. The van der Waals surface area contributed by atoms with E-state index >= 15 is 0 Å². The molecule has 0 aliphatic carbocycles. The van der Waals surface area contributed by atoms with Gasteiger partial charge in [0.1, 0.15) is 23.9 Å². The summed E-state index contributed by atoms with van der Waals surface area (Å²) in [5.74, 6) is 2.19. The second-order valence-corrected chi connectivity index (χ2v) is 7.24. The van der Waals surface area contributed by atoms with Crippen molar-refractivity contribution in [3.05, 3.63) is 89.7 Å². The highest BCUT2D eigenvalue weighted by Gasteiger charge is 2.13. The number of aromatic nitrogens is 2. The number of ether oxygens (including phenoxy) is 2. The molecule has 1 heterocycles. The molecular weight excluding hydrogens is 390 g/mol. The van der Waals surface area contributed by atoms with E-state index in [2.05, 4.69) is 9.88 Å². The fourth-order valence-corrected chi connectivity index (χ4v) is 3.47. The number of para-hydroxylation sites is 2. The van der Waals surface area contributed by atoms with E-state index in [1.165, 1.54) is 0 Å². The molecule has 4 rings (SSSR count). The number of hydrogen-bond acceptors (Lipinski definition) is 4. The van der Waals surface area contributed by atoms with Crippen LogP contribution in [0.5, 0.6) is 11.5 Å². The highest BCUT2D eigenvalue weighted by atomic mass is 16.5. The summed E-state index contributed by atoms with van der Waals surface area (Å²) in [6, 6.07) is 23.0. The molecule has 0 bridgehead atoms. The molecule has 6 heteroatoms. The molecule has 0 aliphatic rings. The molecule has 0 aliphatic heterocycles. The summed E-state index contributed by atoms with van der Waals surface area (Å²) >= 11 is 0. The number of methoxy groups -OCH3 is 1. The van der Waals surface area contributed by atoms with Gasteiger partial charge in [-0.1, -0.05) is 24.3 Å². The third kappa shape index (κ3) is 4.86. The zero-order valence-electron chi connectivity index (χ0n) is 17.7. The molecule has 0 unspecified atom stereocenters. The monoisotopic (exact) mass is 415 g/mol. The Labute approximate surface area is 181 Å². The standard InChI is InChI=1S/C25H25N3O3/c1-18-6-5-7-21(16-18)31-15-14-28-23-9-4-3-8-22(23)27-24(28)17-26-25(29)19-10-12-20(30-2)13-11-19/h3-13,16H,14-15,17H2,1-2H3,(H,26,29). The molecule has 1 aromatic heterocycles. The Hall–Kier alpha value is -3.80. The zero-order chi connectivity index (χ0) is 21.6. The number of fused-ring (bicyclic) bond motifs is 1. The first-order chi connectivity index (χ1) is 15.1. The number of hydrogen-bond donors (Lipinski definition) is 1. The van der Waals surface area contributed by atoms with Crippen molar-refractivity contribution < 1.29 is 14.3 Å². The summed E-state index contributed by atoms with van der Waals surface area (Å²) in [7, 11) is 1.60. The number of aryl methyl sites for hydroxylation is 1. The number of carbonyl (C=O) groups excluding carboxylic acids is 1. The highest BCUT2D eigenvalue weighted by molar-refractivity contribution is 5.94. The lowest BCUT2D eigenvalue weighted by atomic mass is 10.2. The van der Waals surface area contributed by atoms with Crippen molar-refractivity contribution in [2.75, 3.05) is 13.7 Å². The molecule has 158 valence electrons. The van der Waals surface area contributed by atoms with Gasteiger partial charge in [-0.15, -0.1) is 0 Å². The van der Waals surface area contributed by atoms with E-state index in [1.807, 2.05) is 55.5 Å². The summed E-state index contributed by atoms with van der Waals surface area (Å²) < 4.78 is 13.2. The second kappa shape index (κ2) is 9.34. The second-order valence-electron chi connectivity index (χ2n) is 7.24. The molecule has 1 amide bonds. The van der Waals surface area contributed by atoms with Crippen molar-refractivity contribution in [2.24, 2.45) is 0 Å². The van der Waals surface area contributed by atoms with E-state index in [1.54, 1.807) is 31.4 Å². The minimum absolute atomic E-state index is 0.155. The van der Waals surface area contributed by atoms with Crippen LogP contribution in [0.1, 0.15) is 21.7 Å². The largest absolute Gasteiger partial charge is 0.497 e. The average molecular weight is 415 g/mol. The Morgan fingerprint density at radius 1 is 1.00 bits per heavy atom. The first-order valence-electron chi connectivity index (χ1n) is 10.2. The van der Waals surface area contributed by atoms with Crippen LogP contribution in [0.2, 0.25) is 0 Å². The first-order valence-corrected chi connectivity index (χ1v) is 10.2. The van der Waals surface area contributed by atoms with Crippen LogP contribution in [-0.2, 0) is 13.1 Å². The Kier molecular flexibility index (Phi) is 6.17. The van der Waals surface area contributed by atoms with Crippen LogP contribution in [0.25, 0.3) is 11.0 Å². The van der Waals surface area contributed by atoms with Gasteiger partial charge in [-0.05, 0) is 61.0 Å². The summed E-state index contributed by atoms with van der Waals surface area (Å²) in [6.45, 7) is 3.50. The van der Waals surface area contributed by atoms with Crippen molar-refractivity contribution in [2.45, 2.75) is 20.0 Å². The minimum atomic E-state index is -0.155. The van der Waals surface area contributed by atoms with Crippen LogP contribution in [0.3, 0.4) is 0 Å². The lowest BCUT2D eigenvalue weighted by molar-refractivity contribution is 0.0949. The van der Waals surface area contributed by atoms with Crippen LogP contribution in [0.4, 0.5) is 0 Å². The predicted octanol–water partition coefficient (Wildman–Crippen LogP) is 4.36. The maximum atomic E-state index is 12.6. The number of rotatable bonds is 8. The number of carbonyl (C=O) groups is 1. The summed E-state index contributed by atoms with van der Waals surface area (Å²) in [4.78, 5) is 17.3. The highest BCUT2D eigenvalue weighted by Crippen LogP contribution is 2.18. The van der Waals surface area contributed by atoms with Gasteiger partial charge in [0.05, 0.1) is 31.2 Å². The first kappa shape index (κ1) is 20.5. The van der Waals surface area contributed by atoms with Gasteiger partial charge in [-0.3, -0.25) is 4.79 Å². The fourth-order valence-electron chi connectivity index (χ4n) is 3.47. The topological polar surface area (TPSA) is 65.4 Å². The Morgan fingerprint density at radius 2 is 1.81 bits per heavy atom. The van der Waals surface area contributed by atoms with Crippen molar-refractivity contribution in [3.63, 3.8) is 0 Å². The lowest BCUT2D eigenvalue weighted by Crippen LogP contribution is -2.25. The van der Waals surface area contributed by atoms with Crippen molar-refractivity contribution in [1.29, 1.82) is 0 Å². The van der Waals surface area contributed by atoms with Gasteiger partial charge in [0.25, 0.3) is 5.91 Å². The molecular formula is C25H25N3O3. The van der Waals surface area contributed by atoms with Gasteiger partial charge < -0.3 is 19.4 Å². The van der Waals surface area contributed by atoms with E-state index in [4.69, 9.17) is 14.5 Å². The Balaban J connectivity index is 1.47. The molecule has 0 spiro atoms. The quantitative estimate of drug-likeness (QED) is 0.464. The zero-order valence-corrected chi connectivity index (χ0v) is 17.7. The minimum Gasteiger partial charge on any atom is -0.497 e. The normalized spacial score (nSPS) is 10.8. The Bertz CT molecular complexity index is 1180. The number of nitrogens with zero attached hydrogens (tertiary/aromatic N) is 2. The molecule has 0 radical (unpaired) electrons. The van der Waals surface area contributed by atoms with Gasteiger partial charge in [0.15, 0.2) is 0 Å². The summed E-state index contributed by atoms with van der Waals surface area (Å²) in [6.07, 6.45) is 0. The van der Waals surface area contributed by atoms with Crippen molar-refractivity contribution in [1.82, 2.24) is 14.9 Å². The molecule has 1 N–H and O–H groups in total. The van der Waals surface area contributed by atoms with Gasteiger partial charge in [-0.2, -0.15) is 0 Å². The van der Waals surface area contributed by atoms with Gasteiger partial charge in [-0.25, -0.2) is 4.98 Å². The van der Waals surface area contributed by atoms with Crippen LogP contribution < -0.4 is 14.8 Å². The van der Waals surface area contributed by atoms with Crippen LogP contribution in [0.15, 0.2) is 72.8 Å². The van der Waals surface area contributed by atoms with E-state index < -0.39 is 0 Å². The SMILES string of the molecule is COc1ccc(C(=O)NCc2nc3ccccc3n2CCOc2cccc(C)c2)cc1. The molecule has 31 heavy (non-hydrogen) atoms. The maximum Gasteiger partial charge on any atom is 0.251 e. The van der Waals surface area contributed by atoms with E-state index in [9.17, 15) is 4.79 Å². The van der Waals surface area contributed by atoms with E-state index in [-0.39, 0.29) is 5.91 Å². The fraction of sp³-hybridized carbons (Fsp3) is 0.200. The van der Waals surface area contributed by atoms with E-state index in [0.717, 1.165) is 28.2 Å². The number of benzene rings is 3. The number of imidazole rings is 1. The van der Waals surface area contributed by atoms with Crippen LogP contribution >= 0.6 is 0 Å².